The molecule has 1 aliphatic carbocycles. The second-order valence-electron chi connectivity index (χ2n) is 17.4. The molecule has 13 nitrogen and oxygen atoms in total. The second kappa shape index (κ2) is 20.5. The molecular weight excluding hydrogens is 734 g/mol. The minimum absolute atomic E-state index is 0.00981. The summed E-state index contributed by atoms with van der Waals surface area (Å²) in [6.45, 7) is 13.1. The molecule has 0 radical (unpaired) electrons. The normalized spacial score (nSPS) is 41.0. The van der Waals surface area contributed by atoms with Crippen LogP contribution in [0.15, 0.2) is 36.0 Å². The van der Waals surface area contributed by atoms with Crippen molar-refractivity contribution in [2.45, 2.75) is 166 Å². The molecule has 0 aromatic rings. The minimum atomic E-state index is -2.51. The van der Waals surface area contributed by atoms with Gasteiger partial charge >= 0.3 is 5.97 Å². The molecule has 2 bridgehead atoms. The van der Waals surface area contributed by atoms with Crippen molar-refractivity contribution in [1.29, 1.82) is 0 Å². The number of fused-ring (bicyclic) bond motifs is 3. The number of allylic oxidation sites excluding steroid dienone is 4. The molecule has 1 amide bonds. The predicted octanol–water partition coefficient (Wildman–Crippen LogP) is 4.78. The molecule has 4 rings (SSSR count). The molecule has 0 unspecified atom stereocenters. The molecule has 0 aromatic carbocycles. The summed E-state index contributed by atoms with van der Waals surface area (Å²) >= 11 is 0. The summed E-state index contributed by atoms with van der Waals surface area (Å²) in [6, 6.07) is -1.15. The fourth-order valence-corrected chi connectivity index (χ4v) is 9.40. The van der Waals surface area contributed by atoms with Gasteiger partial charge in [0.25, 0.3) is 11.7 Å². The van der Waals surface area contributed by atoms with Crippen LogP contribution < -0.4 is 0 Å². The van der Waals surface area contributed by atoms with E-state index in [1.165, 1.54) is 19.1 Å². The Bertz CT molecular complexity index is 1490. The number of nitrogens with zero attached hydrogens (tertiary/aromatic N) is 1. The fraction of sp³-hybridized carbons (Fsp3) is 0.773. The van der Waals surface area contributed by atoms with Gasteiger partial charge in [0.2, 0.25) is 5.79 Å². The summed E-state index contributed by atoms with van der Waals surface area (Å²) in [6.07, 6.45) is 5.76. The molecule has 4 aliphatic rings. The number of ketones is 2. The van der Waals surface area contributed by atoms with Crippen molar-refractivity contribution >= 4 is 23.4 Å². The zero-order valence-corrected chi connectivity index (χ0v) is 35.4. The van der Waals surface area contributed by atoms with Crippen LogP contribution in [0, 0.1) is 23.7 Å². The van der Waals surface area contributed by atoms with Crippen LogP contribution in [-0.2, 0) is 42.9 Å². The Hall–Kier alpha value is -2.78. The zero-order chi connectivity index (χ0) is 42.2. The molecule has 3 heterocycles. The quantitative estimate of drug-likeness (QED) is 0.183. The predicted molar refractivity (Wildman–Crippen MR) is 213 cm³/mol. The van der Waals surface area contributed by atoms with Crippen LogP contribution in [0.25, 0.3) is 0 Å². The van der Waals surface area contributed by atoms with E-state index in [0.717, 1.165) is 5.57 Å². The number of hydrogen-bond donors (Lipinski definition) is 3. The molecular formula is C44H69NO12. The summed E-state index contributed by atoms with van der Waals surface area (Å²) < 4.78 is 29.8. The van der Waals surface area contributed by atoms with Gasteiger partial charge in [-0.25, -0.2) is 4.79 Å². The molecule has 0 aromatic heterocycles. The van der Waals surface area contributed by atoms with Crippen molar-refractivity contribution in [3.05, 3.63) is 36.0 Å². The van der Waals surface area contributed by atoms with Gasteiger partial charge in [-0.2, -0.15) is 0 Å². The Balaban J connectivity index is 1.78. The highest BCUT2D eigenvalue weighted by atomic mass is 16.7. The first kappa shape index (κ1) is 46.9. The lowest BCUT2D eigenvalue weighted by atomic mass is 9.80. The van der Waals surface area contributed by atoms with Crippen molar-refractivity contribution < 1.29 is 58.2 Å². The minimum Gasteiger partial charge on any atom is -0.453 e. The van der Waals surface area contributed by atoms with Crippen LogP contribution in [0.4, 0.5) is 0 Å². The van der Waals surface area contributed by atoms with Crippen LogP contribution in [0.2, 0.25) is 0 Å². The van der Waals surface area contributed by atoms with Gasteiger partial charge in [0.05, 0.1) is 30.5 Å². The highest BCUT2D eigenvalue weighted by Crippen LogP contribution is 2.40. The number of hydrogen-bond acceptors (Lipinski definition) is 12. The van der Waals surface area contributed by atoms with E-state index < -0.39 is 77.4 Å². The van der Waals surface area contributed by atoms with Crippen LogP contribution in [0.3, 0.4) is 0 Å². The van der Waals surface area contributed by atoms with E-state index >= 15 is 0 Å². The van der Waals surface area contributed by atoms with E-state index in [1.54, 1.807) is 27.0 Å². The molecule has 57 heavy (non-hydrogen) atoms. The van der Waals surface area contributed by atoms with Crippen LogP contribution in [0.1, 0.15) is 112 Å². The fourth-order valence-electron chi connectivity index (χ4n) is 9.40. The van der Waals surface area contributed by atoms with E-state index in [2.05, 4.69) is 6.58 Å². The molecule has 322 valence electrons. The number of piperidine rings is 1. The maximum absolute atomic E-state index is 14.4. The van der Waals surface area contributed by atoms with E-state index in [9.17, 15) is 34.5 Å². The number of carbonyl (C=O) groups excluding carboxylic acids is 4. The molecule has 0 spiro atoms. The summed E-state index contributed by atoms with van der Waals surface area (Å²) in [4.78, 5) is 57.9. The lowest BCUT2D eigenvalue weighted by Gasteiger charge is -2.47. The van der Waals surface area contributed by atoms with Gasteiger partial charge in [0.15, 0.2) is 0 Å². The highest BCUT2D eigenvalue weighted by Gasteiger charge is 2.56. The number of carbonyl (C=O) groups is 4. The van der Waals surface area contributed by atoms with Gasteiger partial charge in [0.1, 0.15) is 23.5 Å². The third kappa shape index (κ3) is 11.3. The summed E-state index contributed by atoms with van der Waals surface area (Å²) in [5.74, 6) is -7.05. The van der Waals surface area contributed by atoms with Crippen molar-refractivity contribution in [1.82, 2.24) is 4.90 Å². The molecule has 3 fully saturated rings. The Kier molecular flexibility index (Phi) is 16.8. The lowest BCUT2D eigenvalue weighted by molar-refractivity contribution is -0.302. The zero-order valence-electron chi connectivity index (χ0n) is 35.4. The largest absolute Gasteiger partial charge is 0.453 e. The standard InChI is InChI=1S/C44H69NO12/c1-10-13-31-19-26(2)18-27(3)20-37(54-8)39-38(55-9)22-29(5)44(52,56-39)40(49)41(50)45-17-12-11-14-33(45)42(51)57-43(6,25-32(46)24-35(31)48)28(4)21-30-15-16-34(47)36(23-30)53-7/h10,19,21,27,29-34,36-39,46-47,52H,1,11-18,20,22-25H2,2-9H3/b26-19+,28-21+/t27-,29+,30-,31+,32-,33-,34+,36+,37-,38-,39+,43+,44+/m0/s1. The Morgan fingerprint density at radius 1 is 0.965 bits per heavy atom. The van der Waals surface area contributed by atoms with Gasteiger partial charge < -0.3 is 43.9 Å². The monoisotopic (exact) mass is 803 g/mol. The average Bonchev–Trinajstić information content (AvgIpc) is 3.17. The van der Waals surface area contributed by atoms with Crippen molar-refractivity contribution in [2.75, 3.05) is 27.9 Å². The summed E-state index contributed by atoms with van der Waals surface area (Å²) in [5, 5.41) is 34.1. The maximum Gasteiger partial charge on any atom is 0.329 e. The number of Topliss-reactive ketones (excluding diaryl/α,β-unsaturated/α-hetero) is 2. The topological polar surface area (TPSA) is 178 Å². The summed E-state index contributed by atoms with van der Waals surface area (Å²) in [7, 11) is 4.61. The van der Waals surface area contributed by atoms with Crippen molar-refractivity contribution in [2.24, 2.45) is 23.7 Å². The van der Waals surface area contributed by atoms with Gasteiger partial charge in [-0.15, -0.1) is 6.58 Å². The van der Waals surface area contributed by atoms with Crippen molar-refractivity contribution in [3.8, 4) is 0 Å². The molecule has 3 N–H and O–H groups in total. The average molecular weight is 804 g/mol. The number of cyclic esters (lactones) is 1. The van der Waals surface area contributed by atoms with E-state index in [1.807, 2.05) is 32.9 Å². The second-order valence-corrected chi connectivity index (χ2v) is 17.4. The molecule has 3 aliphatic heterocycles. The van der Waals surface area contributed by atoms with Crippen LogP contribution in [-0.4, -0.2) is 126 Å². The van der Waals surface area contributed by atoms with Gasteiger partial charge in [-0.05, 0) is 102 Å². The Morgan fingerprint density at radius 2 is 1.63 bits per heavy atom. The summed E-state index contributed by atoms with van der Waals surface area (Å²) in [5.41, 5.74) is 0.174. The first-order chi connectivity index (χ1) is 26.9. The number of methoxy groups -OCH3 is 3. The van der Waals surface area contributed by atoms with E-state index in [-0.39, 0.29) is 56.0 Å². The molecule has 1 saturated carbocycles. The first-order valence-corrected chi connectivity index (χ1v) is 20.8. The van der Waals surface area contributed by atoms with E-state index in [4.69, 9.17) is 23.7 Å². The van der Waals surface area contributed by atoms with Gasteiger partial charge in [-0.3, -0.25) is 14.4 Å². The smallest absolute Gasteiger partial charge is 0.329 e. The molecule has 13 heteroatoms. The molecule has 13 atom stereocenters. The molecule has 2 saturated heterocycles. The van der Waals surface area contributed by atoms with Crippen molar-refractivity contribution in [3.63, 3.8) is 0 Å². The SMILES string of the molecule is C=CC[C@@H]1/C=C(\C)C[C@H](C)C[C@H](OC)[C@H]2O[C@@](O)(C(=O)C(=O)N3CCCC[C@H]3C(=O)O[C@@](C)(/C(C)=C/[C@@H]3CC[C@@H](O)[C@H](OC)C3)C[C@@H](O)CC1=O)[C@H](C)C[C@@H]2OC. The van der Waals surface area contributed by atoms with E-state index in [0.29, 0.717) is 56.9 Å². The maximum atomic E-state index is 14.4. The van der Waals surface area contributed by atoms with Gasteiger partial charge in [0, 0.05) is 52.6 Å². The number of rotatable bonds is 7. The van der Waals surface area contributed by atoms with Crippen LogP contribution in [0.5, 0.6) is 0 Å². The number of aliphatic hydroxyl groups excluding tert-OH is 2. The first-order valence-electron chi connectivity index (χ1n) is 20.8. The lowest BCUT2D eigenvalue weighted by Crippen LogP contribution is -2.64. The number of esters is 1. The number of ether oxygens (including phenoxy) is 5. The third-order valence-electron chi connectivity index (χ3n) is 12.9. The Labute approximate surface area is 339 Å². The number of aliphatic hydroxyl groups is 3. The third-order valence-corrected chi connectivity index (χ3v) is 12.9. The Morgan fingerprint density at radius 3 is 2.28 bits per heavy atom. The van der Waals surface area contributed by atoms with Crippen LogP contribution >= 0.6 is 0 Å². The van der Waals surface area contributed by atoms with Gasteiger partial charge in [-0.1, -0.05) is 37.6 Å². The number of amides is 1. The highest BCUT2D eigenvalue weighted by molar-refractivity contribution is 6.39.